The van der Waals surface area contributed by atoms with Crippen LogP contribution < -0.4 is 0 Å². The van der Waals surface area contributed by atoms with Crippen LogP contribution in [0.1, 0.15) is 43.8 Å². The standard InChI is InChI=1S/C13H16BrClO/c14-12-8-10(15)5-6-11(12)13(16)7-9-3-1-2-4-9/h5-6,8-9,13,16H,1-4,7H2. The Labute approximate surface area is 110 Å². The molecule has 0 amide bonds. The van der Waals surface area contributed by atoms with Gasteiger partial charge in [0.1, 0.15) is 0 Å². The van der Waals surface area contributed by atoms with E-state index in [4.69, 9.17) is 11.6 Å². The van der Waals surface area contributed by atoms with E-state index in [1.807, 2.05) is 18.2 Å². The van der Waals surface area contributed by atoms with Gasteiger partial charge in [0, 0.05) is 9.50 Å². The zero-order valence-electron chi connectivity index (χ0n) is 9.13. The van der Waals surface area contributed by atoms with Gasteiger partial charge in [0.15, 0.2) is 0 Å². The summed E-state index contributed by atoms with van der Waals surface area (Å²) in [5.41, 5.74) is 0.955. The van der Waals surface area contributed by atoms with Crippen molar-refractivity contribution in [3.63, 3.8) is 0 Å². The predicted octanol–water partition coefficient (Wildman–Crippen LogP) is 4.72. The van der Waals surface area contributed by atoms with Gasteiger partial charge in [-0.05, 0) is 30.0 Å². The third kappa shape index (κ3) is 2.99. The summed E-state index contributed by atoms with van der Waals surface area (Å²) in [6.45, 7) is 0. The van der Waals surface area contributed by atoms with Gasteiger partial charge in [0.05, 0.1) is 6.10 Å². The molecule has 1 aliphatic carbocycles. The van der Waals surface area contributed by atoms with Gasteiger partial charge in [-0.2, -0.15) is 0 Å². The van der Waals surface area contributed by atoms with Gasteiger partial charge in [0.25, 0.3) is 0 Å². The number of aliphatic hydroxyl groups excluding tert-OH is 1. The fourth-order valence-corrected chi connectivity index (χ4v) is 3.41. The van der Waals surface area contributed by atoms with E-state index in [9.17, 15) is 5.11 Å². The minimum absolute atomic E-state index is 0.366. The second-order valence-corrected chi connectivity index (χ2v) is 5.86. The average molecular weight is 304 g/mol. The molecule has 1 aromatic rings. The molecule has 0 spiro atoms. The lowest BCUT2D eigenvalue weighted by molar-refractivity contribution is 0.144. The van der Waals surface area contributed by atoms with Gasteiger partial charge in [0.2, 0.25) is 0 Å². The van der Waals surface area contributed by atoms with Crippen LogP contribution in [0, 0.1) is 5.92 Å². The molecule has 1 aliphatic rings. The summed E-state index contributed by atoms with van der Waals surface area (Å²) >= 11 is 9.33. The molecule has 0 aromatic heterocycles. The van der Waals surface area contributed by atoms with Crippen LogP contribution in [0.3, 0.4) is 0 Å². The Bertz CT molecular complexity index is 361. The largest absolute Gasteiger partial charge is 0.388 e. The summed E-state index contributed by atoms with van der Waals surface area (Å²) in [4.78, 5) is 0. The molecule has 1 nitrogen and oxygen atoms in total. The topological polar surface area (TPSA) is 20.2 Å². The molecule has 1 aromatic carbocycles. The fourth-order valence-electron chi connectivity index (χ4n) is 2.46. The predicted molar refractivity (Wildman–Crippen MR) is 70.7 cm³/mol. The van der Waals surface area contributed by atoms with E-state index in [0.717, 1.165) is 16.5 Å². The molecule has 16 heavy (non-hydrogen) atoms. The van der Waals surface area contributed by atoms with Crippen LogP contribution in [0.15, 0.2) is 22.7 Å². The summed E-state index contributed by atoms with van der Waals surface area (Å²) in [5, 5.41) is 10.9. The molecule has 1 atom stereocenters. The second-order valence-electron chi connectivity index (χ2n) is 4.57. The zero-order valence-corrected chi connectivity index (χ0v) is 11.5. The number of rotatable bonds is 3. The van der Waals surface area contributed by atoms with E-state index in [2.05, 4.69) is 15.9 Å². The van der Waals surface area contributed by atoms with E-state index in [-0.39, 0.29) is 6.10 Å². The summed E-state index contributed by atoms with van der Waals surface area (Å²) in [7, 11) is 0. The zero-order chi connectivity index (χ0) is 11.5. The molecule has 0 aliphatic heterocycles. The van der Waals surface area contributed by atoms with Crippen LogP contribution in [0.4, 0.5) is 0 Å². The molecule has 1 saturated carbocycles. The van der Waals surface area contributed by atoms with Crippen molar-refractivity contribution < 1.29 is 5.11 Å². The van der Waals surface area contributed by atoms with Crippen molar-refractivity contribution in [2.24, 2.45) is 5.92 Å². The lowest BCUT2D eigenvalue weighted by Crippen LogP contribution is -2.04. The Morgan fingerprint density at radius 3 is 2.69 bits per heavy atom. The minimum atomic E-state index is -0.366. The van der Waals surface area contributed by atoms with Crippen molar-refractivity contribution in [3.8, 4) is 0 Å². The van der Waals surface area contributed by atoms with E-state index in [1.165, 1.54) is 25.7 Å². The Hall–Kier alpha value is -0.0500. The first-order chi connectivity index (χ1) is 7.66. The maximum absolute atomic E-state index is 10.2. The number of hydrogen-bond acceptors (Lipinski definition) is 1. The third-order valence-corrected chi connectivity index (χ3v) is 4.27. The number of halogens is 2. The summed E-state index contributed by atoms with van der Waals surface area (Å²) < 4.78 is 0.908. The lowest BCUT2D eigenvalue weighted by Gasteiger charge is -2.17. The fraction of sp³-hybridized carbons (Fsp3) is 0.538. The lowest BCUT2D eigenvalue weighted by atomic mass is 9.96. The number of hydrogen-bond donors (Lipinski definition) is 1. The Morgan fingerprint density at radius 2 is 2.06 bits per heavy atom. The first-order valence-electron chi connectivity index (χ1n) is 5.80. The van der Waals surface area contributed by atoms with Crippen molar-refractivity contribution in [2.75, 3.05) is 0 Å². The normalized spacial score (nSPS) is 18.9. The smallest absolute Gasteiger partial charge is 0.0803 e. The Morgan fingerprint density at radius 1 is 1.38 bits per heavy atom. The van der Waals surface area contributed by atoms with Crippen molar-refractivity contribution >= 4 is 27.5 Å². The summed E-state index contributed by atoms with van der Waals surface area (Å²) in [6.07, 6.45) is 5.68. The molecule has 88 valence electrons. The van der Waals surface area contributed by atoms with Crippen molar-refractivity contribution in [2.45, 2.75) is 38.2 Å². The summed E-state index contributed by atoms with van der Waals surface area (Å²) in [6, 6.07) is 5.58. The van der Waals surface area contributed by atoms with Gasteiger partial charge in [-0.1, -0.05) is 59.3 Å². The Kier molecular flexibility index (Phi) is 4.28. The second kappa shape index (κ2) is 5.52. The average Bonchev–Trinajstić information content (AvgIpc) is 2.70. The highest BCUT2D eigenvalue weighted by atomic mass is 79.9. The SMILES string of the molecule is OC(CC1CCCC1)c1ccc(Cl)cc1Br. The van der Waals surface area contributed by atoms with Crippen molar-refractivity contribution in [3.05, 3.63) is 33.3 Å². The molecular weight excluding hydrogens is 287 g/mol. The molecule has 2 rings (SSSR count). The molecule has 1 N–H and O–H groups in total. The highest BCUT2D eigenvalue weighted by molar-refractivity contribution is 9.10. The van der Waals surface area contributed by atoms with Crippen LogP contribution in [-0.2, 0) is 0 Å². The van der Waals surface area contributed by atoms with E-state index >= 15 is 0 Å². The third-order valence-electron chi connectivity index (χ3n) is 3.35. The molecule has 0 heterocycles. The maximum Gasteiger partial charge on any atom is 0.0803 e. The Balaban J connectivity index is 2.04. The van der Waals surface area contributed by atoms with Gasteiger partial charge in [-0.3, -0.25) is 0 Å². The molecule has 3 heteroatoms. The van der Waals surface area contributed by atoms with Crippen LogP contribution in [0.25, 0.3) is 0 Å². The highest BCUT2D eigenvalue weighted by Crippen LogP contribution is 2.35. The molecule has 1 unspecified atom stereocenters. The first kappa shape index (κ1) is 12.4. The van der Waals surface area contributed by atoms with Crippen molar-refractivity contribution in [1.82, 2.24) is 0 Å². The van der Waals surface area contributed by atoms with Crippen molar-refractivity contribution in [1.29, 1.82) is 0 Å². The van der Waals surface area contributed by atoms with Crippen LogP contribution in [0.2, 0.25) is 5.02 Å². The quantitative estimate of drug-likeness (QED) is 0.857. The van der Waals surface area contributed by atoms with E-state index < -0.39 is 0 Å². The summed E-state index contributed by atoms with van der Waals surface area (Å²) in [5.74, 6) is 0.692. The van der Waals surface area contributed by atoms with Gasteiger partial charge < -0.3 is 5.11 Å². The minimum Gasteiger partial charge on any atom is -0.388 e. The van der Waals surface area contributed by atoms with Crippen LogP contribution >= 0.6 is 27.5 Å². The van der Waals surface area contributed by atoms with Gasteiger partial charge >= 0.3 is 0 Å². The maximum atomic E-state index is 10.2. The van der Waals surface area contributed by atoms with E-state index in [0.29, 0.717) is 10.9 Å². The van der Waals surface area contributed by atoms with Crippen LogP contribution in [-0.4, -0.2) is 5.11 Å². The van der Waals surface area contributed by atoms with Gasteiger partial charge in [-0.15, -0.1) is 0 Å². The molecule has 0 saturated heterocycles. The molecule has 0 radical (unpaired) electrons. The first-order valence-corrected chi connectivity index (χ1v) is 6.97. The monoisotopic (exact) mass is 302 g/mol. The molecular formula is C13H16BrClO. The highest BCUT2D eigenvalue weighted by Gasteiger charge is 2.20. The number of benzene rings is 1. The molecule has 0 bridgehead atoms. The molecule has 1 fully saturated rings. The number of aliphatic hydroxyl groups is 1. The van der Waals surface area contributed by atoms with E-state index in [1.54, 1.807) is 0 Å². The van der Waals surface area contributed by atoms with Crippen LogP contribution in [0.5, 0.6) is 0 Å². The van der Waals surface area contributed by atoms with Gasteiger partial charge in [-0.25, -0.2) is 0 Å².